The number of morpholine rings is 1. The highest BCUT2D eigenvalue weighted by Gasteiger charge is 2.41. The SMILES string of the molecule is CC1COC(CO)CN1C(=O)C1(C)CCNCC1. The van der Waals surface area contributed by atoms with Crippen LogP contribution in [0.25, 0.3) is 0 Å². The Bertz CT molecular complexity index is 303. The van der Waals surface area contributed by atoms with Gasteiger partial charge in [-0.25, -0.2) is 0 Å². The van der Waals surface area contributed by atoms with E-state index in [1.165, 1.54) is 0 Å². The first kappa shape index (κ1) is 13.8. The van der Waals surface area contributed by atoms with E-state index in [9.17, 15) is 9.90 Å². The second-order valence-corrected chi connectivity index (χ2v) is 5.76. The summed E-state index contributed by atoms with van der Waals surface area (Å²) in [5.74, 6) is 0.221. The number of rotatable bonds is 2. The molecular formula is C13H24N2O3. The summed E-state index contributed by atoms with van der Waals surface area (Å²) >= 11 is 0. The van der Waals surface area contributed by atoms with E-state index in [0.29, 0.717) is 13.2 Å². The summed E-state index contributed by atoms with van der Waals surface area (Å²) in [4.78, 5) is 14.6. The average Bonchev–Trinajstić information content (AvgIpc) is 2.39. The van der Waals surface area contributed by atoms with Crippen LogP contribution in [0.5, 0.6) is 0 Å². The third-order valence-corrected chi connectivity index (χ3v) is 4.19. The van der Waals surface area contributed by atoms with Gasteiger partial charge in [0.15, 0.2) is 0 Å². The lowest BCUT2D eigenvalue weighted by atomic mass is 9.79. The normalized spacial score (nSPS) is 32.3. The minimum atomic E-state index is -0.253. The number of hydrogen-bond acceptors (Lipinski definition) is 4. The smallest absolute Gasteiger partial charge is 0.229 e. The molecule has 2 heterocycles. The number of nitrogens with one attached hydrogen (secondary N) is 1. The van der Waals surface area contributed by atoms with Crippen LogP contribution in [-0.4, -0.2) is 60.9 Å². The number of carbonyl (C=O) groups excluding carboxylic acids is 1. The number of amides is 1. The predicted molar refractivity (Wildman–Crippen MR) is 68.2 cm³/mol. The van der Waals surface area contributed by atoms with Crippen LogP contribution in [0.4, 0.5) is 0 Å². The zero-order valence-electron chi connectivity index (χ0n) is 11.3. The van der Waals surface area contributed by atoms with Crippen molar-refractivity contribution in [3.63, 3.8) is 0 Å². The lowest BCUT2D eigenvalue weighted by Gasteiger charge is -2.43. The van der Waals surface area contributed by atoms with E-state index in [1.54, 1.807) is 0 Å². The number of piperidine rings is 1. The first-order valence-corrected chi connectivity index (χ1v) is 6.81. The van der Waals surface area contributed by atoms with Crippen molar-refractivity contribution in [2.75, 3.05) is 32.8 Å². The summed E-state index contributed by atoms with van der Waals surface area (Å²) in [6.45, 7) is 6.90. The molecule has 0 spiro atoms. The van der Waals surface area contributed by atoms with E-state index >= 15 is 0 Å². The van der Waals surface area contributed by atoms with Crippen molar-refractivity contribution in [3.8, 4) is 0 Å². The van der Waals surface area contributed by atoms with Crippen LogP contribution >= 0.6 is 0 Å². The molecular weight excluding hydrogens is 232 g/mol. The van der Waals surface area contributed by atoms with Gasteiger partial charge < -0.3 is 20.1 Å². The topological polar surface area (TPSA) is 61.8 Å². The molecule has 2 aliphatic heterocycles. The molecule has 2 N–H and O–H groups in total. The van der Waals surface area contributed by atoms with Crippen molar-refractivity contribution >= 4 is 5.91 Å². The fourth-order valence-corrected chi connectivity index (χ4v) is 2.75. The first-order chi connectivity index (χ1) is 8.57. The van der Waals surface area contributed by atoms with Gasteiger partial charge in [-0.1, -0.05) is 6.92 Å². The largest absolute Gasteiger partial charge is 0.394 e. The Hall–Kier alpha value is -0.650. The van der Waals surface area contributed by atoms with Gasteiger partial charge in [0.05, 0.1) is 25.4 Å². The summed E-state index contributed by atoms with van der Waals surface area (Å²) in [6.07, 6.45) is 1.55. The Morgan fingerprint density at radius 1 is 1.50 bits per heavy atom. The molecule has 0 bridgehead atoms. The summed E-state index contributed by atoms with van der Waals surface area (Å²) in [5.41, 5.74) is -0.253. The van der Waals surface area contributed by atoms with Gasteiger partial charge in [-0.15, -0.1) is 0 Å². The third-order valence-electron chi connectivity index (χ3n) is 4.19. The fraction of sp³-hybridized carbons (Fsp3) is 0.923. The second kappa shape index (κ2) is 5.55. The van der Waals surface area contributed by atoms with Crippen LogP contribution in [-0.2, 0) is 9.53 Å². The molecule has 0 saturated carbocycles. The fourth-order valence-electron chi connectivity index (χ4n) is 2.75. The summed E-state index contributed by atoms with van der Waals surface area (Å²) in [5, 5.41) is 12.5. The van der Waals surface area contributed by atoms with Crippen LogP contribution in [0, 0.1) is 5.41 Å². The van der Waals surface area contributed by atoms with E-state index in [0.717, 1.165) is 25.9 Å². The van der Waals surface area contributed by atoms with Gasteiger partial charge in [0.1, 0.15) is 0 Å². The van der Waals surface area contributed by atoms with E-state index in [-0.39, 0.29) is 30.1 Å². The van der Waals surface area contributed by atoms with Crippen LogP contribution in [0.2, 0.25) is 0 Å². The zero-order valence-corrected chi connectivity index (χ0v) is 11.3. The monoisotopic (exact) mass is 256 g/mol. The van der Waals surface area contributed by atoms with Crippen molar-refractivity contribution in [1.82, 2.24) is 10.2 Å². The molecule has 2 atom stereocenters. The molecule has 2 fully saturated rings. The molecule has 0 aromatic carbocycles. The summed E-state index contributed by atoms with van der Waals surface area (Å²) in [6, 6.07) is 0.104. The van der Waals surface area contributed by atoms with Gasteiger partial charge in [0.25, 0.3) is 0 Å². The molecule has 2 unspecified atom stereocenters. The Morgan fingerprint density at radius 3 is 2.78 bits per heavy atom. The number of ether oxygens (including phenoxy) is 1. The number of aliphatic hydroxyl groups excluding tert-OH is 1. The van der Waals surface area contributed by atoms with Crippen LogP contribution in [0.1, 0.15) is 26.7 Å². The van der Waals surface area contributed by atoms with Crippen LogP contribution in [0.3, 0.4) is 0 Å². The highest BCUT2D eigenvalue weighted by atomic mass is 16.5. The first-order valence-electron chi connectivity index (χ1n) is 6.81. The quantitative estimate of drug-likeness (QED) is 0.729. The van der Waals surface area contributed by atoms with E-state index in [4.69, 9.17) is 4.74 Å². The highest BCUT2D eigenvalue weighted by Crippen LogP contribution is 2.32. The van der Waals surface area contributed by atoms with Gasteiger partial charge in [-0.05, 0) is 32.9 Å². The van der Waals surface area contributed by atoms with Crippen LogP contribution < -0.4 is 5.32 Å². The molecule has 1 amide bonds. The lowest BCUT2D eigenvalue weighted by molar-refractivity contribution is -0.157. The Balaban J connectivity index is 2.06. The molecule has 2 rings (SSSR count). The number of nitrogens with zero attached hydrogens (tertiary/aromatic N) is 1. The molecule has 2 aliphatic rings. The van der Waals surface area contributed by atoms with Crippen molar-refractivity contribution in [1.29, 1.82) is 0 Å². The highest BCUT2D eigenvalue weighted by molar-refractivity contribution is 5.83. The minimum absolute atomic E-state index is 0.0191. The number of aliphatic hydroxyl groups is 1. The van der Waals surface area contributed by atoms with Crippen molar-refractivity contribution < 1.29 is 14.6 Å². The molecule has 0 aliphatic carbocycles. The molecule has 18 heavy (non-hydrogen) atoms. The zero-order chi connectivity index (χ0) is 13.2. The third kappa shape index (κ3) is 2.68. The maximum absolute atomic E-state index is 12.7. The van der Waals surface area contributed by atoms with Crippen LogP contribution in [0.15, 0.2) is 0 Å². The Kier molecular flexibility index (Phi) is 4.25. The van der Waals surface area contributed by atoms with Crippen molar-refractivity contribution in [3.05, 3.63) is 0 Å². The van der Waals surface area contributed by atoms with Crippen molar-refractivity contribution in [2.45, 2.75) is 38.8 Å². The maximum Gasteiger partial charge on any atom is 0.229 e. The summed E-state index contributed by atoms with van der Waals surface area (Å²) < 4.78 is 5.48. The Morgan fingerprint density at radius 2 is 2.17 bits per heavy atom. The molecule has 5 heteroatoms. The maximum atomic E-state index is 12.7. The van der Waals surface area contributed by atoms with Gasteiger partial charge in [-0.3, -0.25) is 4.79 Å². The standard InChI is InChI=1S/C13H24N2O3/c1-10-9-18-11(8-16)7-15(10)12(17)13(2)3-5-14-6-4-13/h10-11,14,16H,3-9H2,1-2H3. The molecule has 0 radical (unpaired) electrons. The average molecular weight is 256 g/mol. The van der Waals surface area contributed by atoms with E-state index in [2.05, 4.69) is 12.2 Å². The molecule has 0 aromatic heterocycles. The van der Waals surface area contributed by atoms with E-state index in [1.807, 2.05) is 11.8 Å². The number of hydrogen-bond donors (Lipinski definition) is 2. The minimum Gasteiger partial charge on any atom is -0.394 e. The Labute approximate surface area is 108 Å². The van der Waals surface area contributed by atoms with Gasteiger partial charge >= 0.3 is 0 Å². The van der Waals surface area contributed by atoms with Gasteiger partial charge in [0, 0.05) is 12.0 Å². The van der Waals surface area contributed by atoms with Gasteiger partial charge in [0.2, 0.25) is 5.91 Å². The van der Waals surface area contributed by atoms with Gasteiger partial charge in [-0.2, -0.15) is 0 Å². The molecule has 0 aromatic rings. The summed E-state index contributed by atoms with van der Waals surface area (Å²) in [7, 11) is 0. The molecule has 2 saturated heterocycles. The molecule has 104 valence electrons. The lowest BCUT2D eigenvalue weighted by Crippen LogP contribution is -2.57. The second-order valence-electron chi connectivity index (χ2n) is 5.76. The predicted octanol–water partition coefficient (Wildman–Crippen LogP) is -0.0157. The van der Waals surface area contributed by atoms with Crippen molar-refractivity contribution in [2.24, 2.45) is 5.41 Å². The van der Waals surface area contributed by atoms with E-state index < -0.39 is 0 Å². The number of carbonyl (C=O) groups is 1. The molecule has 5 nitrogen and oxygen atoms in total.